The van der Waals surface area contributed by atoms with Crippen LogP contribution >= 0.6 is 11.8 Å². The number of benzene rings is 1. The molecule has 0 fully saturated rings. The zero-order chi connectivity index (χ0) is 14.6. The van der Waals surface area contributed by atoms with Crippen molar-refractivity contribution >= 4 is 29.1 Å². The SMILES string of the molecule is CCC(CSC)N(C)c1ccc(F)c(N)c1C(=O)O. The van der Waals surface area contributed by atoms with Gasteiger partial charge in [-0.05, 0) is 24.8 Å². The highest BCUT2D eigenvalue weighted by atomic mass is 32.2. The van der Waals surface area contributed by atoms with Gasteiger partial charge in [-0.3, -0.25) is 0 Å². The van der Waals surface area contributed by atoms with Gasteiger partial charge in [0.05, 0.1) is 11.4 Å². The van der Waals surface area contributed by atoms with Crippen LogP contribution in [0.15, 0.2) is 12.1 Å². The normalized spacial score (nSPS) is 12.2. The Hall–Kier alpha value is -1.43. The largest absolute Gasteiger partial charge is 0.478 e. The molecule has 0 radical (unpaired) electrons. The maximum absolute atomic E-state index is 13.4. The van der Waals surface area contributed by atoms with E-state index in [9.17, 15) is 14.3 Å². The van der Waals surface area contributed by atoms with E-state index >= 15 is 0 Å². The molecule has 0 aliphatic carbocycles. The van der Waals surface area contributed by atoms with Crippen LogP contribution in [-0.4, -0.2) is 36.2 Å². The molecular weight excluding hydrogens is 267 g/mol. The number of anilines is 2. The number of nitrogens with zero attached hydrogens (tertiary/aromatic N) is 1. The van der Waals surface area contributed by atoms with E-state index in [1.54, 1.807) is 11.8 Å². The zero-order valence-corrected chi connectivity index (χ0v) is 12.1. The number of halogens is 1. The van der Waals surface area contributed by atoms with Gasteiger partial charge >= 0.3 is 5.97 Å². The summed E-state index contributed by atoms with van der Waals surface area (Å²) in [7, 11) is 1.81. The minimum Gasteiger partial charge on any atom is -0.478 e. The van der Waals surface area contributed by atoms with E-state index in [1.165, 1.54) is 12.1 Å². The Morgan fingerprint density at radius 2 is 2.21 bits per heavy atom. The number of hydrogen-bond acceptors (Lipinski definition) is 4. The van der Waals surface area contributed by atoms with Gasteiger partial charge in [0.15, 0.2) is 0 Å². The number of rotatable bonds is 6. The molecule has 3 N–H and O–H groups in total. The molecule has 1 unspecified atom stereocenters. The summed E-state index contributed by atoms with van der Waals surface area (Å²) < 4.78 is 13.4. The molecule has 0 amide bonds. The van der Waals surface area contributed by atoms with Gasteiger partial charge in [0.1, 0.15) is 11.4 Å². The minimum absolute atomic E-state index is 0.165. The summed E-state index contributed by atoms with van der Waals surface area (Å²) in [5, 5.41) is 9.23. The lowest BCUT2D eigenvalue weighted by Gasteiger charge is -2.30. The van der Waals surface area contributed by atoms with E-state index in [0.717, 1.165) is 12.2 Å². The van der Waals surface area contributed by atoms with Gasteiger partial charge < -0.3 is 15.7 Å². The zero-order valence-electron chi connectivity index (χ0n) is 11.3. The third-order valence-electron chi connectivity index (χ3n) is 3.14. The molecule has 0 bridgehead atoms. The molecule has 0 saturated carbocycles. The Labute approximate surface area is 116 Å². The third-order valence-corrected chi connectivity index (χ3v) is 3.86. The molecule has 0 heterocycles. The summed E-state index contributed by atoms with van der Waals surface area (Å²) in [4.78, 5) is 13.1. The summed E-state index contributed by atoms with van der Waals surface area (Å²) in [6, 6.07) is 2.86. The number of aromatic carboxylic acids is 1. The number of thioether (sulfide) groups is 1. The fourth-order valence-electron chi connectivity index (χ4n) is 1.99. The summed E-state index contributed by atoms with van der Waals surface area (Å²) in [6.07, 6.45) is 2.86. The van der Waals surface area contributed by atoms with E-state index in [-0.39, 0.29) is 17.3 Å². The monoisotopic (exact) mass is 286 g/mol. The van der Waals surface area contributed by atoms with Crippen LogP contribution < -0.4 is 10.6 Å². The third kappa shape index (κ3) is 3.32. The molecule has 106 valence electrons. The van der Waals surface area contributed by atoms with Crippen molar-refractivity contribution in [3.63, 3.8) is 0 Å². The molecule has 0 aliphatic rings. The second-order valence-corrected chi connectivity index (χ2v) is 5.20. The molecular formula is C13H19FN2O2S. The lowest BCUT2D eigenvalue weighted by molar-refractivity contribution is 0.0698. The van der Waals surface area contributed by atoms with Crippen LogP contribution in [0, 0.1) is 5.82 Å². The first-order chi connectivity index (χ1) is 8.93. The number of carbonyl (C=O) groups is 1. The molecule has 6 heteroatoms. The van der Waals surface area contributed by atoms with Crippen molar-refractivity contribution in [2.24, 2.45) is 0 Å². The van der Waals surface area contributed by atoms with Crippen molar-refractivity contribution in [1.82, 2.24) is 0 Å². The van der Waals surface area contributed by atoms with E-state index in [2.05, 4.69) is 0 Å². The van der Waals surface area contributed by atoms with Crippen LogP contribution in [0.25, 0.3) is 0 Å². The topological polar surface area (TPSA) is 66.6 Å². The van der Waals surface area contributed by atoms with E-state index in [1.807, 2.05) is 25.1 Å². The maximum Gasteiger partial charge on any atom is 0.340 e. The number of nitrogens with two attached hydrogens (primary N) is 1. The Morgan fingerprint density at radius 1 is 1.58 bits per heavy atom. The highest BCUT2D eigenvalue weighted by molar-refractivity contribution is 7.98. The standard InChI is InChI=1S/C13H19FN2O2S/c1-4-8(7-19-3)16(2)10-6-5-9(14)12(15)11(10)13(17)18/h5-6,8H,4,7,15H2,1-3H3,(H,17,18). The number of carboxylic acids is 1. The predicted octanol–water partition coefficient (Wildman–Crippen LogP) is 2.68. The van der Waals surface area contributed by atoms with Crippen molar-refractivity contribution in [1.29, 1.82) is 0 Å². The molecule has 4 nitrogen and oxygen atoms in total. The van der Waals surface area contributed by atoms with Crippen LogP contribution in [-0.2, 0) is 0 Å². The first-order valence-electron chi connectivity index (χ1n) is 5.97. The Morgan fingerprint density at radius 3 is 2.68 bits per heavy atom. The summed E-state index contributed by atoms with van der Waals surface area (Å²) in [5.74, 6) is -1.05. The minimum atomic E-state index is -1.21. The molecule has 0 saturated heterocycles. The molecule has 1 aromatic rings. The van der Waals surface area contributed by atoms with Crippen LogP contribution in [0.1, 0.15) is 23.7 Å². The van der Waals surface area contributed by atoms with Gasteiger partial charge in [-0.25, -0.2) is 9.18 Å². The van der Waals surface area contributed by atoms with Gasteiger partial charge in [-0.15, -0.1) is 0 Å². The first-order valence-corrected chi connectivity index (χ1v) is 7.36. The van der Waals surface area contributed by atoms with Crippen molar-refractivity contribution in [3.8, 4) is 0 Å². The van der Waals surface area contributed by atoms with Gasteiger partial charge in [0, 0.05) is 18.8 Å². The number of carboxylic acid groups (broad SMARTS) is 1. The second kappa shape index (κ2) is 6.65. The lowest BCUT2D eigenvalue weighted by atomic mass is 10.1. The van der Waals surface area contributed by atoms with Gasteiger partial charge in [-0.1, -0.05) is 6.92 Å². The van der Waals surface area contributed by atoms with Crippen molar-refractivity contribution in [3.05, 3.63) is 23.5 Å². The fraction of sp³-hybridized carbons (Fsp3) is 0.462. The molecule has 19 heavy (non-hydrogen) atoms. The Bertz CT molecular complexity index is 468. The van der Waals surface area contributed by atoms with Crippen LogP contribution in [0.4, 0.5) is 15.8 Å². The first kappa shape index (κ1) is 15.6. The maximum atomic E-state index is 13.4. The second-order valence-electron chi connectivity index (χ2n) is 4.29. The van der Waals surface area contributed by atoms with Gasteiger partial charge in [0.25, 0.3) is 0 Å². The van der Waals surface area contributed by atoms with Crippen LogP contribution in [0.5, 0.6) is 0 Å². The molecule has 1 rings (SSSR count). The molecule has 1 atom stereocenters. The fourth-order valence-corrected chi connectivity index (χ4v) is 2.84. The molecule has 0 aliphatic heterocycles. The summed E-state index contributed by atoms with van der Waals surface area (Å²) in [5.41, 5.74) is 5.53. The van der Waals surface area contributed by atoms with E-state index in [0.29, 0.717) is 5.69 Å². The predicted molar refractivity (Wildman–Crippen MR) is 78.6 cm³/mol. The van der Waals surface area contributed by atoms with Crippen LogP contribution in [0.3, 0.4) is 0 Å². The molecule has 0 aromatic heterocycles. The molecule has 1 aromatic carbocycles. The number of hydrogen-bond donors (Lipinski definition) is 2. The quantitative estimate of drug-likeness (QED) is 0.787. The summed E-state index contributed by atoms with van der Waals surface area (Å²) >= 11 is 1.68. The van der Waals surface area contributed by atoms with Crippen molar-refractivity contribution < 1.29 is 14.3 Å². The Balaban J connectivity index is 3.26. The van der Waals surface area contributed by atoms with E-state index < -0.39 is 11.8 Å². The Kier molecular flexibility index (Phi) is 5.47. The highest BCUT2D eigenvalue weighted by Crippen LogP contribution is 2.29. The highest BCUT2D eigenvalue weighted by Gasteiger charge is 2.23. The van der Waals surface area contributed by atoms with Crippen molar-refractivity contribution in [2.45, 2.75) is 19.4 Å². The average molecular weight is 286 g/mol. The average Bonchev–Trinajstić information content (AvgIpc) is 2.37. The van der Waals surface area contributed by atoms with Crippen LogP contribution in [0.2, 0.25) is 0 Å². The number of nitrogen functional groups attached to an aromatic ring is 1. The summed E-state index contributed by atoms with van der Waals surface area (Å²) in [6.45, 7) is 2.03. The lowest BCUT2D eigenvalue weighted by Crippen LogP contribution is -2.34. The smallest absolute Gasteiger partial charge is 0.340 e. The molecule has 0 spiro atoms. The van der Waals surface area contributed by atoms with Gasteiger partial charge in [-0.2, -0.15) is 11.8 Å². The van der Waals surface area contributed by atoms with E-state index in [4.69, 9.17) is 5.73 Å². The van der Waals surface area contributed by atoms with Crippen molar-refractivity contribution in [2.75, 3.05) is 29.7 Å². The van der Waals surface area contributed by atoms with Gasteiger partial charge in [0.2, 0.25) is 0 Å².